The Balaban J connectivity index is 1.20. The predicted octanol–water partition coefficient (Wildman–Crippen LogP) is 8.63. The van der Waals surface area contributed by atoms with Crippen molar-refractivity contribution >= 4 is 30.7 Å². The van der Waals surface area contributed by atoms with Gasteiger partial charge in [-0.3, -0.25) is 13.9 Å². The molecule has 5 rings (SSSR count). The maximum Gasteiger partial charge on any atom is 0.459 e. The van der Waals surface area contributed by atoms with E-state index < -0.39 is 50.4 Å². The molecule has 0 bridgehead atoms. The highest BCUT2D eigenvalue weighted by molar-refractivity contribution is 7.52. The van der Waals surface area contributed by atoms with Gasteiger partial charge in [0, 0.05) is 6.42 Å². The quantitative estimate of drug-likeness (QED) is 0.0181. The van der Waals surface area contributed by atoms with E-state index in [1.165, 1.54) is 75.1 Å². The first-order valence-electron chi connectivity index (χ1n) is 20.6. The van der Waals surface area contributed by atoms with E-state index in [4.69, 9.17) is 30.7 Å². The Morgan fingerprint density at radius 2 is 1.60 bits per heavy atom. The van der Waals surface area contributed by atoms with Gasteiger partial charge < -0.3 is 24.8 Å². The lowest BCUT2D eigenvalue weighted by atomic mass is 9.99. The van der Waals surface area contributed by atoms with Crippen molar-refractivity contribution in [3.8, 4) is 18.1 Å². The molecular weight excluding hydrogens is 762 g/mol. The third-order valence-corrected chi connectivity index (χ3v) is 11.9. The molecule has 58 heavy (non-hydrogen) atoms. The molecule has 4 aromatic rings. The molecule has 0 aliphatic carbocycles. The molecule has 3 heterocycles. The fourth-order valence-corrected chi connectivity index (χ4v) is 8.55. The van der Waals surface area contributed by atoms with Gasteiger partial charge in [-0.15, -0.1) is 6.42 Å². The number of imidazole rings is 1. The zero-order chi connectivity index (χ0) is 41.2. The average molecular weight is 821 g/mol. The number of aliphatic hydroxyl groups is 1. The number of aliphatic hydroxyl groups excluding tert-OH is 1. The van der Waals surface area contributed by atoms with Crippen LogP contribution in [0.2, 0.25) is 0 Å². The molecule has 15 heteroatoms. The third-order valence-electron chi connectivity index (χ3n) is 10.3. The highest BCUT2D eigenvalue weighted by atomic mass is 31.2. The third kappa shape index (κ3) is 13.1. The van der Waals surface area contributed by atoms with Crippen LogP contribution in [0.5, 0.6) is 5.75 Å². The number of nitrogens with zero attached hydrogens (tertiary/aromatic N) is 4. The summed E-state index contributed by atoms with van der Waals surface area (Å²) in [5, 5.41) is 14.1. The van der Waals surface area contributed by atoms with Crippen molar-refractivity contribution in [3.63, 3.8) is 0 Å². The zero-order valence-electron chi connectivity index (χ0n) is 33.5. The van der Waals surface area contributed by atoms with Gasteiger partial charge in [-0.2, -0.15) is 19.4 Å². The van der Waals surface area contributed by atoms with Gasteiger partial charge in [-0.25, -0.2) is 9.55 Å². The number of unbranched alkanes of at least 4 members (excludes halogenated alkanes) is 13. The summed E-state index contributed by atoms with van der Waals surface area (Å²) in [7, 11) is -4.47. The van der Waals surface area contributed by atoms with Gasteiger partial charge in [0.2, 0.25) is 0 Å². The summed E-state index contributed by atoms with van der Waals surface area (Å²) < 4.78 is 54.0. The monoisotopic (exact) mass is 820 g/mol. The minimum absolute atomic E-state index is 0.0343. The molecule has 1 aliphatic heterocycles. The van der Waals surface area contributed by atoms with Crippen LogP contribution in [0.4, 0.5) is 10.2 Å². The first-order chi connectivity index (χ1) is 28.1. The fourth-order valence-electron chi connectivity index (χ4n) is 7.03. The Hall–Kier alpha value is -4.38. The highest BCUT2D eigenvalue weighted by Crippen LogP contribution is 2.48. The summed E-state index contributed by atoms with van der Waals surface area (Å²) >= 11 is 0. The molecule has 13 nitrogen and oxygen atoms in total. The molecule has 0 spiro atoms. The van der Waals surface area contributed by atoms with Gasteiger partial charge in [0.15, 0.2) is 22.6 Å². The number of nitrogens with one attached hydrogen (secondary N) is 1. The topological polar surface area (TPSA) is 173 Å². The smallest absolute Gasteiger partial charge is 0.459 e. The molecule has 0 unspecified atom stereocenters. The number of hydrogen-bond donors (Lipinski definition) is 3. The van der Waals surface area contributed by atoms with Crippen molar-refractivity contribution in [3.05, 3.63) is 78.6 Å². The maximum atomic E-state index is 14.7. The molecule has 0 amide bonds. The fraction of sp³-hybridized carbons (Fsp3) is 0.535. The molecule has 314 valence electrons. The maximum absolute atomic E-state index is 14.7. The SMILES string of the molecule is C#C[C@]1(CO[P@](=O)(N[C@@H](Cc2ccccc2)C(=O)OCCCCCCCCCCCCCCCC)Oc2ccccc2)O[C@@H](n2cnc3c(N)nc(F)nc32)C[C@@H]1O. The van der Waals surface area contributed by atoms with Gasteiger partial charge in [0.05, 0.1) is 12.9 Å². The van der Waals surface area contributed by atoms with Crippen LogP contribution in [0.3, 0.4) is 0 Å². The standard InChI is InChI=1S/C43H58FN6O7P/c1-3-5-6-7-8-9-10-11-12-13-14-15-16-23-28-54-41(52)35(29-33-24-19-17-20-25-33)49-58(53,57-34-26-21-18-22-27-34)55-31-43(4-2)36(51)30-37(56-43)50-32-46-38-39(45)47-42(44)48-40(38)50/h2,17-22,24-27,32,35-37,51H,3,5-16,23,28-31H2,1H3,(H,49,53)(H2,45,47,48)/t35-,36-,37+,43+,58+/m0/s1. The second-order valence-corrected chi connectivity index (χ2v) is 16.6. The van der Waals surface area contributed by atoms with E-state index in [1.54, 1.807) is 30.3 Å². The number of aromatic nitrogens is 4. The first-order valence-corrected chi connectivity index (χ1v) is 22.2. The number of rotatable bonds is 26. The predicted molar refractivity (Wildman–Crippen MR) is 221 cm³/mol. The summed E-state index contributed by atoms with van der Waals surface area (Å²) in [6.07, 6.45) is 20.9. The number of hydrogen-bond acceptors (Lipinski definition) is 11. The van der Waals surface area contributed by atoms with Crippen LogP contribution in [0.25, 0.3) is 11.2 Å². The molecule has 0 radical (unpaired) electrons. The molecule has 1 fully saturated rings. The Labute approximate surface area is 341 Å². The van der Waals surface area contributed by atoms with Crippen LogP contribution in [-0.4, -0.2) is 61.6 Å². The van der Waals surface area contributed by atoms with Crippen LogP contribution in [0.15, 0.2) is 67.0 Å². The number of para-hydroxylation sites is 1. The van der Waals surface area contributed by atoms with Crippen molar-refractivity contribution in [1.29, 1.82) is 0 Å². The number of fused-ring (bicyclic) bond motifs is 1. The number of nitrogen functional groups attached to an aromatic ring is 1. The minimum Gasteiger partial charge on any atom is -0.465 e. The van der Waals surface area contributed by atoms with Crippen molar-refractivity contribution in [1.82, 2.24) is 24.6 Å². The number of benzene rings is 2. The van der Waals surface area contributed by atoms with Gasteiger partial charge in [0.25, 0.3) is 0 Å². The van der Waals surface area contributed by atoms with E-state index in [-0.39, 0.29) is 42.2 Å². The molecule has 2 aromatic heterocycles. The first kappa shape index (κ1) is 44.7. The molecule has 2 aromatic carbocycles. The lowest BCUT2D eigenvalue weighted by Crippen LogP contribution is -2.44. The molecule has 0 saturated carbocycles. The van der Waals surface area contributed by atoms with Crippen LogP contribution in [0.1, 0.15) is 115 Å². The van der Waals surface area contributed by atoms with Crippen molar-refractivity contribution in [2.45, 2.75) is 134 Å². The summed E-state index contributed by atoms with van der Waals surface area (Å²) in [6, 6.07) is 16.4. The molecule has 1 saturated heterocycles. The minimum atomic E-state index is -4.47. The Morgan fingerprint density at radius 3 is 2.22 bits per heavy atom. The van der Waals surface area contributed by atoms with Crippen molar-refractivity contribution in [2.24, 2.45) is 0 Å². The molecule has 5 atom stereocenters. The van der Waals surface area contributed by atoms with E-state index in [2.05, 4.69) is 32.9 Å². The summed E-state index contributed by atoms with van der Waals surface area (Å²) in [4.78, 5) is 25.2. The lowest BCUT2D eigenvalue weighted by Gasteiger charge is -2.30. The van der Waals surface area contributed by atoms with Gasteiger partial charge in [-0.1, -0.05) is 145 Å². The van der Waals surface area contributed by atoms with Crippen molar-refractivity contribution in [2.75, 3.05) is 18.9 Å². The van der Waals surface area contributed by atoms with Crippen LogP contribution >= 0.6 is 7.75 Å². The van der Waals surface area contributed by atoms with E-state index >= 15 is 0 Å². The van der Waals surface area contributed by atoms with Crippen LogP contribution in [0, 0.1) is 18.4 Å². The number of carbonyl (C=O) groups excluding carboxylic acids is 1. The number of esters is 1. The molecule has 1 aliphatic rings. The van der Waals surface area contributed by atoms with Crippen LogP contribution < -0.4 is 15.3 Å². The second-order valence-electron chi connectivity index (χ2n) is 14.9. The zero-order valence-corrected chi connectivity index (χ0v) is 34.4. The Bertz CT molecular complexity index is 1950. The largest absolute Gasteiger partial charge is 0.465 e. The van der Waals surface area contributed by atoms with Gasteiger partial charge >= 0.3 is 19.8 Å². The van der Waals surface area contributed by atoms with Gasteiger partial charge in [0.1, 0.15) is 30.7 Å². The summed E-state index contributed by atoms with van der Waals surface area (Å²) in [5.74, 6) is 1.86. The number of nitrogens with two attached hydrogens (primary N) is 1. The molecular formula is C43H58FN6O7P. The Morgan fingerprint density at radius 1 is 1.00 bits per heavy atom. The summed E-state index contributed by atoms with van der Waals surface area (Å²) in [6.45, 7) is 1.83. The number of carbonyl (C=O) groups is 1. The van der Waals surface area contributed by atoms with E-state index in [0.29, 0.717) is 6.42 Å². The highest BCUT2D eigenvalue weighted by Gasteiger charge is 2.50. The number of terminal acetylenes is 1. The van der Waals surface area contributed by atoms with E-state index in [9.17, 15) is 18.9 Å². The summed E-state index contributed by atoms with van der Waals surface area (Å²) in [5.41, 5.74) is 4.94. The van der Waals surface area contributed by atoms with Crippen molar-refractivity contribution < 1.29 is 37.4 Å². The average Bonchev–Trinajstić information content (AvgIpc) is 3.80. The van der Waals surface area contributed by atoms with E-state index in [0.717, 1.165) is 24.8 Å². The number of halogens is 1. The molecule has 4 N–H and O–H groups in total. The van der Waals surface area contributed by atoms with E-state index in [1.807, 2.05) is 30.3 Å². The van der Waals surface area contributed by atoms with Gasteiger partial charge in [-0.05, 0) is 30.5 Å². The number of anilines is 1. The van der Waals surface area contributed by atoms with Crippen LogP contribution in [-0.2, 0) is 29.8 Å². The Kier molecular flexibility index (Phi) is 17.5. The second kappa shape index (κ2) is 22.7. The lowest BCUT2D eigenvalue weighted by molar-refractivity contribution is -0.146. The number of ether oxygens (including phenoxy) is 2. The normalized spacial score (nSPS) is 19.4.